The summed E-state index contributed by atoms with van der Waals surface area (Å²) in [6.45, 7) is 1.92. The maximum absolute atomic E-state index is 12.6. The molecule has 1 aromatic heterocycles. The number of hydrogen-bond acceptors (Lipinski definition) is 3. The molecule has 0 radical (unpaired) electrons. The van der Waals surface area contributed by atoms with E-state index in [-0.39, 0.29) is 11.6 Å². The summed E-state index contributed by atoms with van der Waals surface area (Å²) in [6, 6.07) is 12.8. The molecule has 0 aliphatic carbocycles. The molecule has 0 unspecified atom stereocenters. The van der Waals surface area contributed by atoms with Crippen LogP contribution in [-0.2, 0) is 4.74 Å². The number of benzene rings is 2. The van der Waals surface area contributed by atoms with E-state index in [2.05, 4.69) is 26.2 Å². The van der Waals surface area contributed by atoms with Gasteiger partial charge in [0, 0.05) is 20.9 Å². The van der Waals surface area contributed by atoms with Crippen molar-refractivity contribution in [1.29, 1.82) is 0 Å². The molecule has 3 aromatic rings. The molecule has 1 heterocycles. The summed E-state index contributed by atoms with van der Waals surface area (Å²) < 4.78 is 5.65. The van der Waals surface area contributed by atoms with Crippen LogP contribution in [0.4, 0.5) is 5.69 Å². The molecule has 0 bridgehead atoms. The molecule has 0 aliphatic heterocycles. The van der Waals surface area contributed by atoms with Crippen molar-refractivity contribution in [2.45, 2.75) is 6.92 Å². The smallest absolute Gasteiger partial charge is 0.356 e. The number of carbonyl (C=O) groups excluding carboxylic acids is 2. The highest BCUT2D eigenvalue weighted by Crippen LogP contribution is 2.31. The zero-order valence-corrected chi connectivity index (χ0v) is 14.7. The number of aryl methyl sites for hydroxylation is 1. The molecule has 6 heteroatoms. The quantitative estimate of drug-likeness (QED) is 0.659. The molecule has 0 aliphatic rings. The predicted octanol–water partition coefficient (Wildman–Crippen LogP) is 4.28. The first kappa shape index (κ1) is 16.3. The van der Waals surface area contributed by atoms with Crippen LogP contribution in [0.2, 0.25) is 0 Å². The minimum Gasteiger partial charge on any atom is -0.464 e. The van der Waals surface area contributed by atoms with Crippen molar-refractivity contribution >= 4 is 44.4 Å². The van der Waals surface area contributed by atoms with Gasteiger partial charge in [0.15, 0.2) is 0 Å². The number of halogens is 1. The van der Waals surface area contributed by atoms with Gasteiger partial charge in [0.25, 0.3) is 5.91 Å². The molecule has 5 nitrogen and oxygen atoms in total. The van der Waals surface area contributed by atoms with E-state index in [1.807, 2.05) is 37.3 Å². The lowest BCUT2D eigenvalue weighted by Crippen LogP contribution is -2.15. The molecule has 2 aromatic carbocycles. The predicted molar refractivity (Wildman–Crippen MR) is 96.5 cm³/mol. The SMILES string of the molecule is COC(=O)c1[nH]c2ccc(Br)cc2c1NC(=O)c1cccc(C)c1. The maximum atomic E-state index is 12.6. The molecule has 1 amide bonds. The average Bonchev–Trinajstić information content (AvgIpc) is 2.92. The molecular weight excluding hydrogens is 372 g/mol. The van der Waals surface area contributed by atoms with Gasteiger partial charge in [0.2, 0.25) is 0 Å². The minimum absolute atomic E-state index is 0.214. The molecule has 0 fully saturated rings. The number of hydrogen-bond donors (Lipinski definition) is 2. The number of fused-ring (bicyclic) bond motifs is 1. The Morgan fingerprint density at radius 2 is 1.96 bits per heavy atom. The Morgan fingerprint density at radius 1 is 1.17 bits per heavy atom. The number of H-pyrrole nitrogens is 1. The van der Waals surface area contributed by atoms with Gasteiger partial charge < -0.3 is 15.0 Å². The number of aromatic nitrogens is 1. The topological polar surface area (TPSA) is 71.2 Å². The Balaban J connectivity index is 2.08. The van der Waals surface area contributed by atoms with Crippen LogP contribution in [0, 0.1) is 6.92 Å². The molecule has 0 saturated heterocycles. The lowest BCUT2D eigenvalue weighted by Gasteiger charge is -2.07. The Labute approximate surface area is 147 Å². The molecule has 2 N–H and O–H groups in total. The molecular formula is C18H15BrN2O3. The third kappa shape index (κ3) is 3.05. The minimum atomic E-state index is -0.540. The van der Waals surface area contributed by atoms with Crippen LogP contribution < -0.4 is 5.32 Å². The largest absolute Gasteiger partial charge is 0.464 e. The number of methoxy groups -OCH3 is 1. The first-order valence-corrected chi connectivity index (χ1v) is 8.06. The van der Waals surface area contributed by atoms with Gasteiger partial charge in [0.1, 0.15) is 5.69 Å². The third-order valence-electron chi connectivity index (χ3n) is 3.67. The highest BCUT2D eigenvalue weighted by molar-refractivity contribution is 9.10. The first-order valence-electron chi connectivity index (χ1n) is 7.27. The van der Waals surface area contributed by atoms with Crippen LogP contribution in [-0.4, -0.2) is 24.0 Å². The second-order valence-corrected chi connectivity index (χ2v) is 6.30. The Kier molecular flexibility index (Phi) is 4.40. The second-order valence-electron chi connectivity index (χ2n) is 5.38. The van der Waals surface area contributed by atoms with Crippen LogP contribution in [0.1, 0.15) is 26.4 Å². The van der Waals surface area contributed by atoms with Crippen molar-refractivity contribution in [1.82, 2.24) is 4.98 Å². The van der Waals surface area contributed by atoms with Crippen molar-refractivity contribution in [2.24, 2.45) is 0 Å². The van der Waals surface area contributed by atoms with Gasteiger partial charge in [-0.3, -0.25) is 4.79 Å². The van der Waals surface area contributed by atoms with Crippen LogP contribution in [0.15, 0.2) is 46.9 Å². The highest BCUT2D eigenvalue weighted by atomic mass is 79.9. The highest BCUT2D eigenvalue weighted by Gasteiger charge is 2.21. The summed E-state index contributed by atoms with van der Waals surface area (Å²) >= 11 is 3.41. The summed E-state index contributed by atoms with van der Waals surface area (Å²) in [4.78, 5) is 27.6. The van der Waals surface area contributed by atoms with Crippen LogP contribution >= 0.6 is 15.9 Å². The number of ether oxygens (including phenoxy) is 1. The normalized spacial score (nSPS) is 10.6. The molecule has 0 saturated carbocycles. The molecule has 24 heavy (non-hydrogen) atoms. The van der Waals surface area contributed by atoms with E-state index in [1.165, 1.54) is 7.11 Å². The van der Waals surface area contributed by atoms with Crippen molar-refractivity contribution < 1.29 is 14.3 Å². The zero-order valence-electron chi connectivity index (χ0n) is 13.1. The third-order valence-corrected chi connectivity index (χ3v) is 4.16. The number of anilines is 1. The van der Waals surface area contributed by atoms with E-state index >= 15 is 0 Å². The van der Waals surface area contributed by atoms with Crippen LogP contribution in [0.5, 0.6) is 0 Å². The summed E-state index contributed by atoms with van der Waals surface area (Å²) in [5, 5.41) is 3.56. The van der Waals surface area contributed by atoms with Gasteiger partial charge in [-0.2, -0.15) is 0 Å². The van der Waals surface area contributed by atoms with Gasteiger partial charge in [0.05, 0.1) is 12.8 Å². The number of nitrogens with one attached hydrogen (secondary N) is 2. The van der Waals surface area contributed by atoms with E-state index in [9.17, 15) is 9.59 Å². The number of esters is 1. The van der Waals surface area contributed by atoms with E-state index in [1.54, 1.807) is 12.1 Å². The number of aromatic amines is 1. The monoisotopic (exact) mass is 386 g/mol. The first-order chi connectivity index (χ1) is 11.5. The fourth-order valence-corrected chi connectivity index (χ4v) is 2.88. The fourth-order valence-electron chi connectivity index (χ4n) is 2.52. The molecule has 0 atom stereocenters. The zero-order chi connectivity index (χ0) is 17.3. The number of amides is 1. The fraction of sp³-hybridized carbons (Fsp3) is 0.111. The number of rotatable bonds is 3. The van der Waals surface area contributed by atoms with E-state index in [4.69, 9.17) is 4.74 Å². The Hall–Kier alpha value is -2.60. The van der Waals surface area contributed by atoms with Crippen molar-refractivity contribution in [3.8, 4) is 0 Å². The van der Waals surface area contributed by atoms with Gasteiger partial charge in [-0.25, -0.2) is 4.79 Å². The second kappa shape index (κ2) is 6.49. The molecule has 3 rings (SSSR count). The van der Waals surface area contributed by atoms with E-state index in [0.29, 0.717) is 11.3 Å². The van der Waals surface area contributed by atoms with Crippen molar-refractivity contribution in [3.63, 3.8) is 0 Å². The van der Waals surface area contributed by atoms with Gasteiger partial charge in [-0.05, 0) is 37.3 Å². The summed E-state index contributed by atoms with van der Waals surface area (Å²) in [6.07, 6.45) is 0. The lowest BCUT2D eigenvalue weighted by molar-refractivity contribution is 0.0596. The summed E-state index contributed by atoms with van der Waals surface area (Å²) in [5.41, 5.74) is 2.86. The number of carbonyl (C=O) groups is 2. The van der Waals surface area contributed by atoms with Gasteiger partial charge >= 0.3 is 5.97 Å². The van der Waals surface area contributed by atoms with E-state index < -0.39 is 5.97 Å². The Bertz CT molecular complexity index is 947. The van der Waals surface area contributed by atoms with Crippen molar-refractivity contribution in [2.75, 3.05) is 12.4 Å². The molecule has 0 spiro atoms. The lowest BCUT2D eigenvalue weighted by atomic mass is 10.1. The Morgan fingerprint density at radius 3 is 2.67 bits per heavy atom. The van der Waals surface area contributed by atoms with Crippen LogP contribution in [0.25, 0.3) is 10.9 Å². The standard InChI is InChI=1S/C18H15BrN2O3/c1-10-4-3-5-11(8-10)17(22)21-15-13-9-12(19)6-7-14(13)20-16(15)18(23)24-2/h3-9,20H,1-2H3,(H,21,22). The van der Waals surface area contributed by atoms with Crippen LogP contribution in [0.3, 0.4) is 0 Å². The van der Waals surface area contributed by atoms with Crippen molar-refractivity contribution in [3.05, 3.63) is 63.8 Å². The van der Waals surface area contributed by atoms with E-state index in [0.717, 1.165) is 20.9 Å². The summed E-state index contributed by atoms with van der Waals surface area (Å²) in [7, 11) is 1.30. The average molecular weight is 387 g/mol. The van der Waals surface area contributed by atoms with Gasteiger partial charge in [-0.1, -0.05) is 33.6 Å². The van der Waals surface area contributed by atoms with Gasteiger partial charge in [-0.15, -0.1) is 0 Å². The molecule has 122 valence electrons. The summed E-state index contributed by atoms with van der Waals surface area (Å²) in [5.74, 6) is -0.827. The maximum Gasteiger partial charge on any atom is 0.356 e.